The van der Waals surface area contributed by atoms with Gasteiger partial charge in [-0.3, -0.25) is 4.99 Å². The Kier molecular flexibility index (Phi) is 10.7. The van der Waals surface area contributed by atoms with Gasteiger partial charge in [0.25, 0.3) is 0 Å². The van der Waals surface area contributed by atoms with E-state index in [9.17, 15) is 0 Å². The Hall–Kier alpha value is -0.890. The molecule has 0 spiro atoms. The van der Waals surface area contributed by atoms with Crippen LogP contribution in [0.5, 0.6) is 0 Å². The second-order valence-corrected chi connectivity index (χ2v) is 9.10. The van der Waals surface area contributed by atoms with Crippen molar-refractivity contribution in [3.8, 4) is 0 Å². The molecule has 0 aromatic heterocycles. The normalized spacial score (nSPS) is 25.6. The van der Waals surface area contributed by atoms with Crippen LogP contribution in [0.3, 0.4) is 0 Å². The average Bonchev–Trinajstić information content (AvgIpc) is 2.79. The molecule has 0 aliphatic carbocycles. The van der Waals surface area contributed by atoms with E-state index in [1.807, 2.05) is 0 Å². The number of hydrogen-bond donors (Lipinski definition) is 1. The van der Waals surface area contributed by atoms with Crippen LogP contribution < -0.4 is 5.32 Å². The topological polar surface area (TPSA) is 52.6 Å². The minimum atomic E-state index is 0.321. The number of hydrogen-bond acceptors (Lipinski definition) is 5. The molecule has 0 aromatic rings. The maximum atomic E-state index is 6.17. The molecule has 7 heteroatoms. The van der Waals surface area contributed by atoms with Gasteiger partial charge in [-0.05, 0) is 65.5 Å². The molecular weight excluding hydrogens is 378 g/mol. The molecule has 0 saturated carbocycles. The molecule has 3 aliphatic heterocycles. The molecule has 3 aliphatic rings. The zero-order chi connectivity index (χ0) is 21.0. The molecule has 7 nitrogen and oxygen atoms in total. The largest absolute Gasteiger partial charge is 0.376 e. The zero-order valence-corrected chi connectivity index (χ0v) is 19.5. The predicted octanol–water partition coefficient (Wildman–Crippen LogP) is 2.03. The van der Waals surface area contributed by atoms with E-state index < -0.39 is 0 Å². The quantitative estimate of drug-likeness (QED) is 0.348. The van der Waals surface area contributed by atoms with Crippen LogP contribution in [0.15, 0.2) is 4.99 Å². The first-order chi connectivity index (χ1) is 14.7. The lowest BCUT2D eigenvalue weighted by Gasteiger charge is -2.35. The van der Waals surface area contributed by atoms with Crippen molar-refractivity contribution in [2.75, 3.05) is 79.2 Å². The van der Waals surface area contributed by atoms with Gasteiger partial charge in [-0.2, -0.15) is 0 Å². The van der Waals surface area contributed by atoms with Crippen molar-refractivity contribution in [2.24, 2.45) is 4.99 Å². The van der Waals surface area contributed by atoms with Crippen molar-refractivity contribution in [1.29, 1.82) is 0 Å². The molecule has 1 unspecified atom stereocenters. The van der Waals surface area contributed by atoms with Crippen molar-refractivity contribution >= 4 is 5.96 Å². The van der Waals surface area contributed by atoms with Crippen LogP contribution in [0, 0.1) is 0 Å². The summed E-state index contributed by atoms with van der Waals surface area (Å²) in [6.07, 6.45) is 8.92. The molecule has 0 bridgehead atoms. The lowest BCUT2D eigenvalue weighted by molar-refractivity contribution is -0.0721. The van der Waals surface area contributed by atoms with Gasteiger partial charge in [-0.25, -0.2) is 0 Å². The molecule has 30 heavy (non-hydrogen) atoms. The van der Waals surface area contributed by atoms with E-state index in [1.165, 1.54) is 58.4 Å². The van der Waals surface area contributed by atoms with Crippen LogP contribution in [0.25, 0.3) is 0 Å². The zero-order valence-electron chi connectivity index (χ0n) is 19.5. The average molecular weight is 424 g/mol. The molecule has 3 rings (SSSR count). The van der Waals surface area contributed by atoms with Crippen molar-refractivity contribution in [3.63, 3.8) is 0 Å². The Balaban J connectivity index is 1.31. The number of aliphatic imine (C=N–C) groups is 1. The number of nitrogens with one attached hydrogen (secondary N) is 1. The summed E-state index contributed by atoms with van der Waals surface area (Å²) in [5, 5.41) is 3.50. The summed E-state index contributed by atoms with van der Waals surface area (Å²) < 4.78 is 12.0. The SMILES string of the molecule is CCNC(=NCCCCN1CCN(C)CC1)N1CCC(OCC2CCCCO2)CC1. The summed E-state index contributed by atoms with van der Waals surface area (Å²) in [4.78, 5) is 12.4. The maximum absolute atomic E-state index is 6.17. The number of likely N-dealkylation sites (N-methyl/N-ethyl adjacent to an activating group) is 1. The number of guanidine groups is 1. The van der Waals surface area contributed by atoms with Crippen LogP contribution in [0.2, 0.25) is 0 Å². The van der Waals surface area contributed by atoms with E-state index >= 15 is 0 Å². The van der Waals surface area contributed by atoms with Crippen LogP contribution in [0.1, 0.15) is 51.9 Å². The lowest BCUT2D eigenvalue weighted by atomic mass is 10.1. The van der Waals surface area contributed by atoms with Crippen LogP contribution >= 0.6 is 0 Å². The number of piperidine rings is 1. The van der Waals surface area contributed by atoms with Gasteiger partial charge in [-0.1, -0.05) is 0 Å². The summed E-state index contributed by atoms with van der Waals surface area (Å²) in [6.45, 7) is 13.8. The second-order valence-electron chi connectivity index (χ2n) is 9.10. The van der Waals surface area contributed by atoms with E-state index in [1.54, 1.807) is 0 Å². The Labute approximate surface area is 184 Å². The Morgan fingerprint density at radius 1 is 1.03 bits per heavy atom. The van der Waals surface area contributed by atoms with E-state index in [0.29, 0.717) is 12.2 Å². The third-order valence-electron chi connectivity index (χ3n) is 6.61. The number of rotatable bonds is 9. The summed E-state index contributed by atoms with van der Waals surface area (Å²) in [6, 6.07) is 0. The Bertz CT molecular complexity index is 482. The second kappa shape index (κ2) is 13.5. The first-order valence-electron chi connectivity index (χ1n) is 12.4. The van der Waals surface area contributed by atoms with E-state index in [2.05, 4.69) is 34.0 Å². The van der Waals surface area contributed by atoms with Gasteiger partial charge < -0.3 is 29.5 Å². The summed E-state index contributed by atoms with van der Waals surface area (Å²) in [7, 11) is 2.22. The maximum Gasteiger partial charge on any atom is 0.193 e. The monoisotopic (exact) mass is 423 g/mol. The fourth-order valence-electron chi connectivity index (χ4n) is 4.55. The summed E-state index contributed by atoms with van der Waals surface area (Å²) in [5.74, 6) is 1.09. The van der Waals surface area contributed by atoms with Gasteiger partial charge in [0, 0.05) is 59.0 Å². The summed E-state index contributed by atoms with van der Waals surface area (Å²) >= 11 is 0. The third kappa shape index (κ3) is 8.33. The highest BCUT2D eigenvalue weighted by Gasteiger charge is 2.23. The number of ether oxygens (including phenoxy) is 2. The van der Waals surface area contributed by atoms with Crippen molar-refractivity contribution < 1.29 is 9.47 Å². The number of nitrogens with zero attached hydrogens (tertiary/aromatic N) is 4. The van der Waals surface area contributed by atoms with Gasteiger partial charge in [-0.15, -0.1) is 0 Å². The van der Waals surface area contributed by atoms with Crippen molar-refractivity contribution in [2.45, 2.75) is 64.1 Å². The highest BCUT2D eigenvalue weighted by atomic mass is 16.5. The molecule has 1 N–H and O–H groups in total. The molecule has 3 heterocycles. The number of unbranched alkanes of at least 4 members (excludes halogenated alkanes) is 1. The smallest absolute Gasteiger partial charge is 0.193 e. The highest BCUT2D eigenvalue weighted by Crippen LogP contribution is 2.18. The fourth-order valence-corrected chi connectivity index (χ4v) is 4.55. The predicted molar refractivity (Wildman–Crippen MR) is 123 cm³/mol. The van der Waals surface area contributed by atoms with Gasteiger partial charge >= 0.3 is 0 Å². The van der Waals surface area contributed by atoms with Gasteiger partial charge in [0.05, 0.1) is 18.8 Å². The molecule has 0 amide bonds. The fraction of sp³-hybridized carbons (Fsp3) is 0.957. The molecule has 0 aromatic carbocycles. The van der Waals surface area contributed by atoms with E-state index in [-0.39, 0.29) is 0 Å². The molecule has 174 valence electrons. The van der Waals surface area contributed by atoms with Crippen LogP contribution in [-0.2, 0) is 9.47 Å². The molecule has 0 radical (unpaired) electrons. The molecular formula is C23H45N5O2. The van der Waals surface area contributed by atoms with Gasteiger partial charge in [0.15, 0.2) is 5.96 Å². The van der Waals surface area contributed by atoms with E-state index in [0.717, 1.165) is 64.6 Å². The molecule has 1 atom stereocenters. The Morgan fingerprint density at radius 3 is 2.53 bits per heavy atom. The standard InChI is InChI=1S/C23H45N5O2/c1-3-24-23(25-11-5-6-12-27-17-15-26(2)16-18-27)28-13-9-21(10-14-28)30-20-22-8-4-7-19-29-22/h21-22H,3-20H2,1-2H3,(H,24,25). The highest BCUT2D eigenvalue weighted by molar-refractivity contribution is 5.80. The third-order valence-corrected chi connectivity index (χ3v) is 6.61. The van der Waals surface area contributed by atoms with Crippen molar-refractivity contribution in [3.05, 3.63) is 0 Å². The van der Waals surface area contributed by atoms with Crippen LogP contribution in [0.4, 0.5) is 0 Å². The minimum Gasteiger partial charge on any atom is -0.376 e. The number of likely N-dealkylation sites (tertiary alicyclic amines) is 1. The molecule has 3 fully saturated rings. The minimum absolute atomic E-state index is 0.321. The van der Waals surface area contributed by atoms with Crippen LogP contribution in [-0.4, -0.2) is 112 Å². The van der Waals surface area contributed by atoms with Gasteiger partial charge in [0.2, 0.25) is 0 Å². The first kappa shape index (κ1) is 23.8. The first-order valence-corrected chi connectivity index (χ1v) is 12.4. The van der Waals surface area contributed by atoms with Gasteiger partial charge in [0.1, 0.15) is 0 Å². The lowest BCUT2D eigenvalue weighted by Crippen LogP contribution is -2.47. The molecule has 3 saturated heterocycles. The summed E-state index contributed by atoms with van der Waals surface area (Å²) in [5.41, 5.74) is 0. The van der Waals surface area contributed by atoms with E-state index in [4.69, 9.17) is 14.5 Å². The Morgan fingerprint density at radius 2 is 1.83 bits per heavy atom. The number of piperazine rings is 1. The van der Waals surface area contributed by atoms with Crippen molar-refractivity contribution in [1.82, 2.24) is 20.0 Å².